The number of anilines is 1. The highest BCUT2D eigenvalue weighted by Crippen LogP contribution is 2.18. The Morgan fingerprint density at radius 2 is 2.00 bits per heavy atom. The molecule has 1 N–H and O–H groups in total. The van der Waals surface area contributed by atoms with Crippen molar-refractivity contribution in [3.63, 3.8) is 0 Å². The average Bonchev–Trinajstić information content (AvgIpc) is 2.87. The molecular weight excluding hydrogens is 268 g/mol. The van der Waals surface area contributed by atoms with Crippen LogP contribution < -0.4 is 10.5 Å². The highest BCUT2D eigenvalue weighted by molar-refractivity contribution is 6.12. The number of hydrogen-bond donors (Lipinski definition) is 1. The molecule has 21 heavy (non-hydrogen) atoms. The molecule has 0 aliphatic heterocycles. The second-order valence-corrected chi connectivity index (χ2v) is 4.80. The molecule has 0 radical (unpaired) electrons. The number of imidazole rings is 1. The Morgan fingerprint density at radius 1 is 1.29 bits per heavy atom. The summed E-state index contributed by atoms with van der Waals surface area (Å²) in [4.78, 5) is 32.6. The van der Waals surface area contributed by atoms with Crippen molar-refractivity contribution >= 4 is 22.8 Å². The number of pyridine rings is 1. The van der Waals surface area contributed by atoms with Crippen LogP contribution in [-0.4, -0.2) is 27.5 Å². The number of nitrogens with one attached hydrogen (secondary N) is 1. The van der Waals surface area contributed by atoms with E-state index in [0.29, 0.717) is 16.7 Å². The third kappa shape index (κ3) is 2.20. The Hall–Kier alpha value is -2.89. The van der Waals surface area contributed by atoms with Crippen molar-refractivity contribution in [1.29, 1.82) is 0 Å². The molecule has 0 unspecified atom stereocenters. The number of para-hydroxylation sites is 1. The molecule has 3 rings (SSSR count). The Balaban J connectivity index is 2.14. The molecule has 1 aromatic carbocycles. The van der Waals surface area contributed by atoms with Gasteiger partial charge in [0, 0.05) is 25.8 Å². The lowest BCUT2D eigenvalue weighted by atomic mass is 10.2. The summed E-state index contributed by atoms with van der Waals surface area (Å²) in [6.07, 6.45) is 1.57. The van der Waals surface area contributed by atoms with Crippen LogP contribution in [0.15, 0.2) is 47.5 Å². The van der Waals surface area contributed by atoms with Gasteiger partial charge in [-0.1, -0.05) is 18.2 Å². The van der Waals surface area contributed by atoms with E-state index in [1.165, 1.54) is 11.0 Å². The lowest BCUT2D eigenvalue weighted by Gasteiger charge is -2.17. The normalized spacial score (nSPS) is 10.8. The Labute approximate surface area is 120 Å². The van der Waals surface area contributed by atoms with E-state index < -0.39 is 0 Å². The number of amides is 1. The topological polar surface area (TPSA) is 71.0 Å². The Kier molecular flexibility index (Phi) is 3.06. The maximum atomic E-state index is 12.7. The zero-order chi connectivity index (χ0) is 15.0. The molecule has 0 atom stereocenters. The van der Waals surface area contributed by atoms with Gasteiger partial charge in [0.1, 0.15) is 0 Å². The van der Waals surface area contributed by atoms with Gasteiger partial charge in [0.25, 0.3) is 5.91 Å². The number of fused-ring (bicyclic) bond motifs is 1. The zero-order valence-corrected chi connectivity index (χ0v) is 11.7. The molecule has 0 fully saturated rings. The molecule has 3 aromatic rings. The molecule has 6 nitrogen and oxygen atoms in total. The summed E-state index contributed by atoms with van der Waals surface area (Å²) in [7, 11) is 3.47. The van der Waals surface area contributed by atoms with E-state index >= 15 is 0 Å². The molecule has 2 heterocycles. The van der Waals surface area contributed by atoms with Crippen LogP contribution in [0.25, 0.3) is 11.2 Å². The highest BCUT2D eigenvalue weighted by Gasteiger charge is 2.19. The van der Waals surface area contributed by atoms with E-state index in [-0.39, 0.29) is 11.5 Å². The summed E-state index contributed by atoms with van der Waals surface area (Å²) in [6.45, 7) is 0. The van der Waals surface area contributed by atoms with Crippen molar-refractivity contribution in [2.24, 2.45) is 7.05 Å². The molecular formula is C15H14N4O2. The number of hydrogen-bond acceptors (Lipinski definition) is 3. The first kappa shape index (κ1) is 13.1. The van der Waals surface area contributed by atoms with Gasteiger partial charge in [-0.3, -0.25) is 9.59 Å². The number of nitrogens with zero attached hydrogens (tertiary/aromatic N) is 3. The SMILES string of the molecule is CN(C(=O)c1cc(=O)[nH]c2ncn(C)c12)c1ccccc1. The first-order valence-corrected chi connectivity index (χ1v) is 6.45. The molecule has 0 spiro atoms. The average molecular weight is 282 g/mol. The molecule has 106 valence electrons. The van der Waals surface area contributed by atoms with Crippen molar-refractivity contribution in [1.82, 2.24) is 14.5 Å². The Bertz CT molecular complexity index is 864. The molecule has 6 heteroatoms. The fourth-order valence-corrected chi connectivity index (χ4v) is 2.30. The first-order chi connectivity index (χ1) is 10.1. The minimum absolute atomic E-state index is 0.249. The zero-order valence-electron chi connectivity index (χ0n) is 11.7. The lowest BCUT2D eigenvalue weighted by molar-refractivity contribution is 0.0994. The first-order valence-electron chi connectivity index (χ1n) is 6.45. The summed E-state index contributed by atoms with van der Waals surface area (Å²) in [6, 6.07) is 10.6. The highest BCUT2D eigenvalue weighted by atomic mass is 16.2. The number of aryl methyl sites for hydroxylation is 1. The summed E-state index contributed by atoms with van der Waals surface area (Å²) in [5.74, 6) is -0.249. The van der Waals surface area contributed by atoms with E-state index in [1.807, 2.05) is 30.3 Å². The van der Waals surface area contributed by atoms with Crippen molar-refractivity contribution in [3.8, 4) is 0 Å². The minimum Gasteiger partial charge on any atom is -0.332 e. The van der Waals surface area contributed by atoms with Gasteiger partial charge in [0.05, 0.1) is 17.4 Å². The summed E-state index contributed by atoms with van der Waals surface area (Å²) >= 11 is 0. The maximum Gasteiger partial charge on any atom is 0.260 e. The van der Waals surface area contributed by atoms with E-state index in [1.54, 1.807) is 25.0 Å². The number of aromatic nitrogens is 3. The number of carbonyl (C=O) groups is 1. The van der Waals surface area contributed by atoms with Crippen LogP contribution in [0.1, 0.15) is 10.4 Å². The molecule has 2 aromatic heterocycles. The second kappa shape index (κ2) is 4.90. The molecule has 1 amide bonds. The molecule has 0 saturated heterocycles. The van der Waals surface area contributed by atoms with Gasteiger partial charge in [-0.2, -0.15) is 0 Å². The van der Waals surface area contributed by atoms with Crippen LogP contribution in [0, 0.1) is 0 Å². The predicted octanol–water partition coefficient (Wildman–Crippen LogP) is 1.54. The van der Waals surface area contributed by atoms with Gasteiger partial charge in [0.15, 0.2) is 5.65 Å². The van der Waals surface area contributed by atoms with Gasteiger partial charge in [0.2, 0.25) is 5.56 Å². The van der Waals surface area contributed by atoms with Crippen LogP contribution in [0.4, 0.5) is 5.69 Å². The van der Waals surface area contributed by atoms with E-state index in [2.05, 4.69) is 9.97 Å². The molecule has 0 aliphatic rings. The third-order valence-corrected chi connectivity index (χ3v) is 3.39. The number of benzene rings is 1. The van der Waals surface area contributed by atoms with E-state index in [0.717, 1.165) is 5.69 Å². The van der Waals surface area contributed by atoms with Crippen LogP contribution in [-0.2, 0) is 7.05 Å². The number of rotatable bonds is 2. The third-order valence-electron chi connectivity index (χ3n) is 3.39. The van der Waals surface area contributed by atoms with Crippen molar-refractivity contribution in [2.45, 2.75) is 0 Å². The molecule has 0 bridgehead atoms. The fraction of sp³-hybridized carbons (Fsp3) is 0.133. The van der Waals surface area contributed by atoms with Crippen molar-refractivity contribution in [2.75, 3.05) is 11.9 Å². The van der Waals surface area contributed by atoms with Gasteiger partial charge in [-0.25, -0.2) is 4.98 Å². The quantitative estimate of drug-likeness (QED) is 0.775. The number of aromatic amines is 1. The van der Waals surface area contributed by atoms with Crippen LogP contribution in [0.3, 0.4) is 0 Å². The molecule has 0 saturated carbocycles. The van der Waals surface area contributed by atoms with Crippen LogP contribution >= 0.6 is 0 Å². The fourth-order valence-electron chi connectivity index (χ4n) is 2.30. The lowest BCUT2D eigenvalue weighted by Crippen LogP contribution is -2.28. The van der Waals surface area contributed by atoms with Gasteiger partial charge >= 0.3 is 0 Å². The van der Waals surface area contributed by atoms with Crippen molar-refractivity contribution < 1.29 is 4.79 Å². The number of carbonyl (C=O) groups excluding carboxylic acids is 1. The predicted molar refractivity (Wildman–Crippen MR) is 80.5 cm³/mol. The minimum atomic E-state index is -0.342. The van der Waals surface area contributed by atoms with E-state index in [9.17, 15) is 9.59 Å². The van der Waals surface area contributed by atoms with Crippen molar-refractivity contribution in [3.05, 3.63) is 58.6 Å². The molecule has 0 aliphatic carbocycles. The largest absolute Gasteiger partial charge is 0.332 e. The van der Waals surface area contributed by atoms with Crippen LogP contribution in [0.2, 0.25) is 0 Å². The summed E-state index contributed by atoms with van der Waals surface area (Å²) < 4.78 is 1.72. The van der Waals surface area contributed by atoms with E-state index in [4.69, 9.17) is 0 Å². The number of H-pyrrole nitrogens is 1. The summed E-state index contributed by atoms with van der Waals surface area (Å²) in [5.41, 5.74) is 1.78. The second-order valence-electron chi connectivity index (χ2n) is 4.80. The van der Waals surface area contributed by atoms with Crippen LogP contribution in [0.5, 0.6) is 0 Å². The smallest absolute Gasteiger partial charge is 0.260 e. The Morgan fingerprint density at radius 3 is 2.71 bits per heavy atom. The van der Waals surface area contributed by atoms with Gasteiger partial charge in [-0.05, 0) is 12.1 Å². The summed E-state index contributed by atoms with van der Waals surface area (Å²) in [5, 5.41) is 0. The van der Waals surface area contributed by atoms with Gasteiger partial charge in [-0.15, -0.1) is 0 Å². The standard InChI is InChI=1S/C15H14N4O2/c1-18-9-16-14-13(18)11(8-12(20)17-14)15(21)19(2)10-6-4-3-5-7-10/h3-9H,1-2H3,(H,17,20). The maximum absolute atomic E-state index is 12.7. The van der Waals surface area contributed by atoms with Gasteiger partial charge < -0.3 is 14.5 Å². The monoisotopic (exact) mass is 282 g/mol.